The minimum Gasteiger partial charge on any atom is -0.312 e. The lowest BCUT2D eigenvalue weighted by molar-refractivity contribution is -0.116. The van der Waals surface area contributed by atoms with Crippen molar-refractivity contribution < 1.29 is 13.2 Å². The Kier molecular flexibility index (Phi) is 5.64. The van der Waals surface area contributed by atoms with Crippen LogP contribution < -0.4 is 9.62 Å². The maximum absolute atomic E-state index is 12.7. The molecule has 0 bridgehead atoms. The van der Waals surface area contributed by atoms with Gasteiger partial charge in [0.15, 0.2) is 0 Å². The zero-order valence-electron chi connectivity index (χ0n) is 17.0. The van der Waals surface area contributed by atoms with E-state index in [9.17, 15) is 13.2 Å². The van der Waals surface area contributed by atoms with Crippen LogP contribution in [0.15, 0.2) is 47.4 Å². The summed E-state index contributed by atoms with van der Waals surface area (Å²) in [7, 11) is -3.62. The molecule has 1 amide bonds. The normalized spacial score (nSPS) is 14.6. The molecule has 0 aromatic heterocycles. The zero-order valence-corrected chi connectivity index (χ0v) is 17.8. The summed E-state index contributed by atoms with van der Waals surface area (Å²) in [4.78, 5) is 13.7. The van der Waals surface area contributed by atoms with E-state index in [1.807, 2.05) is 24.3 Å². The molecule has 0 saturated carbocycles. The molecule has 6 heteroatoms. The third-order valence-corrected chi connectivity index (χ3v) is 6.55. The number of fused-ring (bicyclic) bond motifs is 1. The standard InChI is InChI=1S/C22H28N2O3S/c1-16(25)24-13-5-6-18-14-20(11-12-21(18)24)28(26,27)23-15-17-7-9-19(10-8-17)22(2,3)4/h7-12,14,23H,5-6,13,15H2,1-4H3. The van der Waals surface area contributed by atoms with Gasteiger partial charge >= 0.3 is 0 Å². The van der Waals surface area contributed by atoms with Crippen molar-refractivity contribution in [2.24, 2.45) is 0 Å². The van der Waals surface area contributed by atoms with Crippen LogP contribution in [0.25, 0.3) is 0 Å². The Morgan fingerprint density at radius 1 is 1.11 bits per heavy atom. The summed E-state index contributed by atoms with van der Waals surface area (Å²) < 4.78 is 28.2. The molecule has 0 radical (unpaired) electrons. The largest absolute Gasteiger partial charge is 0.312 e. The molecule has 3 rings (SSSR count). The maximum Gasteiger partial charge on any atom is 0.240 e. The summed E-state index contributed by atoms with van der Waals surface area (Å²) in [6.45, 7) is 8.89. The monoisotopic (exact) mass is 400 g/mol. The first-order valence-electron chi connectivity index (χ1n) is 9.58. The van der Waals surface area contributed by atoms with Crippen LogP contribution in [0.1, 0.15) is 50.8 Å². The quantitative estimate of drug-likeness (QED) is 0.850. The van der Waals surface area contributed by atoms with E-state index in [0.717, 1.165) is 29.7 Å². The number of rotatable bonds is 4. The minimum atomic E-state index is -3.62. The lowest BCUT2D eigenvalue weighted by Gasteiger charge is -2.28. The van der Waals surface area contributed by atoms with E-state index in [1.54, 1.807) is 23.1 Å². The molecular weight excluding hydrogens is 372 g/mol. The zero-order chi connectivity index (χ0) is 20.5. The number of sulfonamides is 1. The van der Waals surface area contributed by atoms with Gasteiger partial charge in [-0.15, -0.1) is 0 Å². The third-order valence-electron chi connectivity index (χ3n) is 5.15. The summed E-state index contributed by atoms with van der Waals surface area (Å²) in [5.41, 5.74) is 3.91. The highest BCUT2D eigenvalue weighted by molar-refractivity contribution is 7.89. The van der Waals surface area contributed by atoms with Crippen LogP contribution in [-0.4, -0.2) is 20.9 Å². The average molecular weight is 401 g/mol. The van der Waals surface area contributed by atoms with E-state index < -0.39 is 10.0 Å². The van der Waals surface area contributed by atoms with Gasteiger partial charge in [0, 0.05) is 25.7 Å². The van der Waals surface area contributed by atoms with Crippen molar-refractivity contribution in [3.05, 3.63) is 59.2 Å². The maximum atomic E-state index is 12.7. The van der Waals surface area contributed by atoms with Gasteiger partial charge in [-0.2, -0.15) is 0 Å². The highest BCUT2D eigenvalue weighted by Gasteiger charge is 2.23. The molecule has 0 aliphatic carbocycles. The molecule has 0 saturated heterocycles. The second-order valence-electron chi connectivity index (χ2n) is 8.34. The Bertz CT molecular complexity index is 974. The fourth-order valence-electron chi connectivity index (χ4n) is 3.45. The Morgan fingerprint density at radius 3 is 2.39 bits per heavy atom. The summed E-state index contributed by atoms with van der Waals surface area (Å²) in [5.74, 6) is -0.0200. The number of carbonyl (C=O) groups is 1. The van der Waals surface area contributed by atoms with Gasteiger partial charge in [-0.05, 0) is 53.1 Å². The van der Waals surface area contributed by atoms with Crippen molar-refractivity contribution in [3.63, 3.8) is 0 Å². The summed E-state index contributed by atoms with van der Waals surface area (Å²) in [6.07, 6.45) is 1.61. The number of amides is 1. The Labute approximate surface area is 167 Å². The number of anilines is 1. The Balaban J connectivity index is 1.75. The fraction of sp³-hybridized carbons (Fsp3) is 0.409. The Morgan fingerprint density at radius 2 is 1.79 bits per heavy atom. The summed E-state index contributed by atoms with van der Waals surface area (Å²) >= 11 is 0. The number of benzene rings is 2. The second-order valence-corrected chi connectivity index (χ2v) is 10.1. The van der Waals surface area contributed by atoms with Crippen molar-refractivity contribution >= 4 is 21.6 Å². The fourth-order valence-corrected chi connectivity index (χ4v) is 4.52. The van der Waals surface area contributed by atoms with E-state index >= 15 is 0 Å². The number of aryl methyl sites for hydroxylation is 1. The van der Waals surface area contributed by atoms with E-state index in [2.05, 4.69) is 25.5 Å². The number of carbonyl (C=O) groups excluding carboxylic acids is 1. The summed E-state index contributed by atoms with van der Waals surface area (Å²) in [6, 6.07) is 13.0. The highest BCUT2D eigenvalue weighted by Crippen LogP contribution is 2.29. The number of hydrogen-bond donors (Lipinski definition) is 1. The van der Waals surface area contributed by atoms with Crippen LogP contribution in [0.5, 0.6) is 0 Å². The van der Waals surface area contributed by atoms with Gasteiger partial charge in [0.1, 0.15) is 0 Å². The molecule has 0 unspecified atom stereocenters. The first-order chi connectivity index (χ1) is 13.1. The molecule has 0 spiro atoms. The van der Waals surface area contributed by atoms with E-state index in [1.165, 1.54) is 12.5 Å². The predicted octanol–water partition coefficient (Wildman–Crippen LogP) is 3.76. The van der Waals surface area contributed by atoms with Gasteiger partial charge in [-0.3, -0.25) is 4.79 Å². The number of nitrogens with zero attached hydrogens (tertiary/aromatic N) is 1. The van der Waals surface area contributed by atoms with Gasteiger partial charge in [-0.1, -0.05) is 45.0 Å². The van der Waals surface area contributed by atoms with Crippen LogP contribution in [-0.2, 0) is 33.2 Å². The Hall–Kier alpha value is -2.18. The average Bonchev–Trinajstić information content (AvgIpc) is 2.65. The van der Waals surface area contributed by atoms with Crippen molar-refractivity contribution in [2.45, 2.75) is 57.4 Å². The molecule has 1 aliphatic rings. The molecule has 5 nitrogen and oxygen atoms in total. The third kappa shape index (κ3) is 4.45. The lowest BCUT2D eigenvalue weighted by atomic mass is 9.87. The first kappa shape index (κ1) is 20.6. The molecule has 1 N–H and O–H groups in total. The SMILES string of the molecule is CC(=O)N1CCCc2cc(S(=O)(=O)NCc3ccc(C(C)(C)C)cc3)ccc21. The van der Waals surface area contributed by atoms with Crippen molar-refractivity contribution in [3.8, 4) is 0 Å². The van der Waals surface area contributed by atoms with Crippen LogP contribution in [0, 0.1) is 0 Å². The second kappa shape index (κ2) is 7.68. The first-order valence-corrected chi connectivity index (χ1v) is 11.1. The molecule has 28 heavy (non-hydrogen) atoms. The lowest BCUT2D eigenvalue weighted by Crippen LogP contribution is -2.33. The van der Waals surface area contributed by atoms with E-state index in [0.29, 0.717) is 6.54 Å². The van der Waals surface area contributed by atoms with Crippen molar-refractivity contribution in [1.82, 2.24) is 4.72 Å². The number of nitrogens with one attached hydrogen (secondary N) is 1. The molecule has 2 aromatic carbocycles. The molecule has 150 valence electrons. The molecule has 1 aliphatic heterocycles. The van der Waals surface area contributed by atoms with Crippen LogP contribution in [0.2, 0.25) is 0 Å². The van der Waals surface area contributed by atoms with Crippen LogP contribution in [0.3, 0.4) is 0 Å². The predicted molar refractivity (Wildman–Crippen MR) is 112 cm³/mol. The van der Waals surface area contributed by atoms with Gasteiger partial charge in [0.25, 0.3) is 0 Å². The number of hydrogen-bond acceptors (Lipinski definition) is 3. The van der Waals surface area contributed by atoms with Crippen LogP contribution in [0.4, 0.5) is 5.69 Å². The van der Waals surface area contributed by atoms with Crippen molar-refractivity contribution in [1.29, 1.82) is 0 Å². The van der Waals surface area contributed by atoms with E-state index in [4.69, 9.17) is 0 Å². The molecule has 0 atom stereocenters. The van der Waals surface area contributed by atoms with E-state index in [-0.39, 0.29) is 22.8 Å². The topological polar surface area (TPSA) is 66.5 Å². The van der Waals surface area contributed by atoms with Crippen molar-refractivity contribution in [2.75, 3.05) is 11.4 Å². The highest BCUT2D eigenvalue weighted by atomic mass is 32.2. The van der Waals surface area contributed by atoms with Gasteiger partial charge < -0.3 is 4.90 Å². The molecule has 0 fully saturated rings. The van der Waals surface area contributed by atoms with Gasteiger partial charge in [-0.25, -0.2) is 13.1 Å². The van der Waals surface area contributed by atoms with Crippen LogP contribution >= 0.6 is 0 Å². The minimum absolute atomic E-state index is 0.0200. The smallest absolute Gasteiger partial charge is 0.240 e. The van der Waals surface area contributed by atoms with Gasteiger partial charge in [0.05, 0.1) is 4.90 Å². The van der Waals surface area contributed by atoms with Gasteiger partial charge in [0.2, 0.25) is 15.9 Å². The molecule has 1 heterocycles. The molecular formula is C22H28N2O3S. The summed E-state index contributed by atoms with van der Waals surface area (Å²) in [5, 5.41) is 0. The molecule has 2 aromatic rings.